The second kappa shape index (κ2) is 12.1. The highest BCUT2D eigenvalue weighted by Crippen LogP contribution is 2.49. The van der Waals surface area contributed by atoms with Crippen molar-refractivity contribution < 1.29 is 32.8 Å². The second-order valence-corrected chi connectivity index (χ2v) is 11.3. The van der Waals surface area contributed by atoms with Gasteiger partial charge in [0.05, 0.1) is 11.4 Å². The van der Waals surface area contributed by atoms with Crippen molar-refractivity contribution in [2.24, 2.45) is 5.73 Å². The molecule has 2 saturated heterocycles. The van der Waals surface area contributed by atoms with Gasteiger partial charge in [-0.3, -0.25) is 10.3 Å². The summed E-state index contributed by atoms with van der Waals surface area (Å²) in [5, 5.41) is 9.49. The summed E-state index contributed by atoms with van der Waals surface area (Å²) in [6, 6.07) is 11.6. The molecule has 3 aromatic carbocycles. The SMILES string of the molecule is CCCN1CC(Oc2c(F)cc(N3c4ccc(NC5CCCCO5)c(C=[NH2+])c4OC[C@@]3(N)c3ccc(F)cc3)cc2F)C1. The van der Waals surface area contributed by atoms with Gasteiger partial charge in [-0.05, 0) is 62.1 Å². The molecule has 0 saturated carbocycles. The van der Waals surface area contributed by atoms with Crippen molar-refractivity contribution in [1.29, 1.82) is 0 Å². The zero-order valence-corrected chi connectivity index (χ0v) is 24.1. The molecule has 1 unspecified atom stereocenters. The van der Waals surface area contributed by atoms with Crippen molar-refractivity contribution in [3.63, 3.8) is 0 Å². The van der Waals surface area contributed by atoms with Crippen LogP contribution >= 0.6 is 0 Å². The zero-order valence-electron chi connectivity index (χ0n) is 24.1. The highest BCUT2D eigenvalue weighted by atomic mass is 19.1. The van der Waals surface area contributed by atoms with Crippen LogP contribution in [0.15, 0.2) is 48.5 Å². The third kappa shape index (κ3) is 5.64. The molecule has 0 spiro atoms. The molecule has 2 atom stereocenters. The van der Waals surface area contributed by atoms with Gasteiger partial charge in [-0.1, -0.05) is 19.1 Å². The predicted octanol–water partition coefficient (Wildman–Crippen LogP) is 4.04. The lowest BCUT2D eigenvalue weighted by molar-refractivity contribution is -0.104. The van der Waals surface area contributed by atoms with Crippen LogP contribution in [0.25, 0.3) is 0 Å². The van der Waals surface area contributed by atoms with E-state index in [4.69, 9.17) is 25.4 Å². The Bertz CT molecular complexity index is 1450. The second-order valence-electron chi connectivity index (χ2n) is 11.3. The number of likely N-dealkylation sites (tertiary alicyclic amines) is 1. The molecule has 11 heteroatoms. The summed E-state index contributed by atoms with van der Waals surface area (Å²) in [6.45, 7) is 4.76. The third-order valence-electron chi connectivity index (χ3n) is 8.25. The Morgan fingerprint density at radius 2 is 1.84 bits per heavy atom. The Labute approximate surface area is 249 Å². The van der Waals surface area contributed by atoms with Gasteiger partial charge in [0, 0.05) is 37.5 Å². The van der Waals surface area contributed by atoms with Crippen molar-refractivity contribution in [2.75, 3.05) is 43.1 Å². The third-order valence-corrected chi connectivity index (χ3v) is 8.25. The molecule has 2 fully saturated rings. The standard InChI is InChI=1S/C32H36F3N5O3/c1-2-12-39-17-23(18-39)43-31-25(34)14-22(15-26(31)35)40-28-11-10-27(38-29-5-3-4-13-41-29)24(16-36)30(28)42-19-32(40,37)20-6-8-21(33)9-7-20/h6-11,14-16,23,29,36,38H,2-5,12-13,17-19,37H2,1H3/p+1/t29?,32-/m0/s1. The summed E-state index contributed by atoms with van der Waals surface area (Å²) in [7, 11) is 0. The van der Waals surface area contributed by atoms with Crippen molar-refractivity contribution in [3.05, 3.63) is 77.1 Å². The minimum atomic E-state index is -1.45. The minimum absolute atomic E-state index is 0.118. The van der Waals surface area contributed by atoms with Gasteiger partial charge in [-0.25, -0.2) is 13.2 Å². The molecule has 5 N–H and O–H groups in total. The number of fused-ring (bicyclic) bond motifs is 1. The lowest BCUT2D eigenvalue weighted by Crippen LogP contribution is -2.57. The van der Waals surface area contributed by atoms with Crippen LogP contribution in [0, 0.1) is 17.5 Å². The normalized spacial score (nSPS) is 22.3. The minimum Gasteiger partial charge on any atom is -0.486 e. The molecular formula is C32H37F3N5O3+. The lowest BCUT2D eigenvalue weighted by atomic mass is 9.94. The summed E-state index contributed by atoms with van der Waals surface area (Å²) in [5.74, 6) is -2.18. The molecule has 0 bridgehead atoms. The summed E-state index contributed by atoms with van der Waals surface area (Å²) >= 11 is 0. The van der Waals surface area contributed by atoms with Gasteiger partial charge >= 0.3 is 0 Å². The molecular weight excluding hydrogens is 559 g/mol. The van der Waals surface area contributed by atoms with Crippen molar-refractivity contribution in [2.45, 2.75) is 50.6 Å². The first-order valence-electron chi connectivity index (χ1n) is 14.8. The van der Waals surface area contributed by atoms with E-state index in [1.165, 1.54) is 42.6 Å². The quantitative estimate of drug-likeness (QED) is 0.321. The molecule has 3 aromatic rings. The van der Waals surface area contributed by atoms with Crippen LogP contribution in [0.4, 0.5) is 30.2 Å². The van der Waals surface area contributed by atoms with E-state index >= 15 is 8.78 Å². The Morgan fingerprint density at radius 3 is 2.49 bits per heavy atom. The molecule has 0 amide bonds. The molecule has 228 valence electrons. The molecule has 0 aromatic heterocycles. The van der Waals surface area contributed by atoms with Crippen LogP contribution in [0.3, 0.4) is 0 Å². The Morgan fingerprint density at radius 1 is 1.09 bits per heavy atom. The Hall–Kier alpha value is -3.80. The Kier molecular flexibility index (Phi) is 8.21. The monoisotopic (exact) mass is 596 g/mol. The number of nitrogens with zero attached hydrogens (tertiary/aromatic N) is 2. The molecule has 0 radical (unpaired) electrons. The zero-order chi connectivity index (χ0) is 30.1. The number of halogens is 3. The molecule has 3 aliphatic heterocycles. The van der Waals surface area contributed by atoms with Crippen molar-refractivity contribution in [3.8, 4) is 11.5 Å². The smallest absolute Gasteiger partial charge is 0.191 e. The number of hydrogen-bond acceptors (Lipinski definition) is 7. The maximum Gasteiger partial charge on any atom is 0.191 e. The van der Waals surface area contributed by atoms with E-state index in [-0.39, 0.29) is 24.6 Å². The fraction of sp³-hybridized carbons (Fsp3) is 0.406. The average Bonchev–Trinajstić information content (AvgIpc) is 2.98. The van der Waals surface area contributed by atoms with Crippen LogP contribution in [0.1, 0.15) is 43.7 Å². The van der Waals surface area contributed by atoms with Crippen LogP contribution < -0.4 is 30.8 Å². The molecule has 8 nitrogen and oxygen atoms in total. The molecule has 43 heavy (non-hydrogen) atoms. The van der Waals surface area contributed by atoms with Crippen LogP contribution in [0.2, 0.25) is 0 Å². The molecule has 0 aliphatic carbocycles. The van der Waals surface area contributed by atoms with Crippen LogP contribution in [0.5, 0.6) is 11.5 Å². The maximum atomic E-state index is 15.6. The molecule has 3 aliphatic rings. The number of anilines is 3. The average molecular weight is 597 g/mol. The van der Waals surface area contributed by atoms with Crippen molar-refractivity contribution in [1.82, 2.24) is 4.90 Å². The highest BCUT2D eigenvalue weighted by Gasteiger charge is 2.44. The highest BCUT2D eigenvalue weighted by molar-refractivity contribution is 5.93. The van der Waals surface area contributed by atoms with Crippen LogP contribution in [-0.2, 0) is 10.4 Å². The molecule has 3 heterocycles. The van der Waals surface area contributed by atoms with E-state index in [9.17, 15) is 4.39 Å². The fourth-order valence-electron chi connectivity index (χ4n) is 6.07. The first kappa shape index (κ1) is 29.3. The van der Waals surface area contributed by atoms with Gasteiger partial charge in [0.25, 0.3) is 0 Å². The first-order valence-corrected chi connectivity index (χ1v) is 14.8. The van der Waals surface area contributed by atoms with Crippen LogP contribution in [-0.4, -0.2) is 56.3 Å². The van der Waals surface area contributed by atoms with Gasteiger partial charge in [-0.15, -0.1) is 0 Å². The number of ether oxygens (including phenoxy) is 3. The fourth-order valence-corrected chi connectivity index (χ4v) is 6.07. The largest absolute Gasteiger partial charge is 0.486 e. The number of nitrogens with two attached hydrogens (primary N) is 2. The summed E-state index contributed by atoms with van der Waals surface area (Å²) in [5.41, 5.74) is 7.87. The number of hydrogen-bond donors (Lipinski definition) is 3. The topological polar surface area (TPSA) is 97.8 Å². The van der Waals surface area contributed by atoms with Gasteiger partial charge < -0.3 is 30.2 Å². The van der Waals surface area contributed by atoms with E-state index < -0.39 is 28.9 Å². The number of benzene rings is 3. The van der Waals surface area contributed by atoms with Gasteiger partial charge in [0.15, 0.2) is 35.0 Å². The van der Waals surface area contributed by atoms with E-state index in [2.05, 4.69) is 17.1 Å². The first-order chi connectivity index (χ1) is 20.8. The van der Waals surface area contributed by atoms with Crippen molar-refractivity contribution >= 4 is 23.3 Å². The number of nitrogens with one attached hydrogen (secondary N) is 1. The van der Waals surface area contributed by atoms with Gasteiger partial charge in [0.1, 0.15) is 30.3 Å². The van der Waals surface area contributed by atoms with E-state index in [0.717, 1.165) is 32.2 Å². The summed E-state index contributed by atoms with van der Waals surface area (Å²) in [4.78, 5) is 3.77. The van der Waals surface area contributed by atoms with Gasteiger partial charge in [0.2, 0.25) is 0 Å². The Balaban J connectivity index is 1.40. The van der Waals surface area contributed by atoms with E-state index in [0.29, 0.717) is 47.9 Å². The van der Waals surface area contributed by atoms with E-state index in [1.54, 1.807) is 11.0 Å². The molecule has 6 rings (SSSR count). The lowest BCUT2D eigenvalue weighted by Gasteiger charge is -2.47. The summed E-state index contributed by atoms with van der Waals surface area (Å²) in [6.07, 6.45) is 4.83. The number of rotatable bonds is 9. The van der Waals surface area contributed by atoms with Gasteiger partial charge in [-0.2, -0.15) is 0 Å². The summed E-state index contributed by atoms with van der Waals surface area (Å²) < 4.78 is 62.9. The van der Waals surface area contributed by atoms with E-state index in [1.807, 2.05) is 6.07 Å². The maximum absolute atomic E-state index is 15.6. The predicted molar refractivity (Wildman–Crippen MR) is 158 cm³/mol.